The third-order valence-electron chi connectivity index (χ3n) is 6.37. The van der Waals surface area contributed by atoms with Crippen LogP contribution < -0.4 is 5.32 Å². The highest BCUT2D eigenvalue weighted by Crippen LogP contribution is 2.30. The summed E-state index contributed by atoms with van der Waals surface area (Å²) in [4.78, 5) is 41.5. The minimum Gasteiger partial charge on any atom is -0.354 e. The van der Waals surface area contributed by atoms with Crippen molar-refractivity contribution in [2.75, 3.05) is 13.1 Å². The maximum atomic E-state index is 13.9. The number of carbonyl (C=O) groups is 3. The van der Waals surface area contributed by atoms with Gasteiger partial charge in [-0.25, -0.2) is 12.7 Å². The Morgan fingerprint density at radius 3 is 2.36 bits per heavy atom. The van der Waals surface area contributed by atoms with Crippen molar-refractivity contribution in [2.45, 2.75) is 37.2 Å². The molecule has 11 heteroatoms. The Hall–Kier alpha value is -3.40. The number of hydrogen-bond acceptors (Lipinski definition) is 5. The number of nitrogens with zero attached hydrogens (tertiary/aromatic N) is 2. The normalized spacial score (nSPS) is 14.5. The maximum Gasteiger partial charge on any atom is 0.269 e. The molecule has 0 aliphatic carbocycles. The molecule has 0 saturated heterocycles. The summed E-state index contributed by atoms with van der Waals surface area (Å²) in [7, 11) is -4.24. The number of amides is 3. The molecule has 1 aliphatic rings. The fourth-order valence-corrected chi connectivity index (χ4v) is 6.34. The summed E-state index contributed by atoms with van der Waals surface area (Å²) in [5, 5.41) is 3.52. The van der Waals surface area contributed by atoms with Gasteiger partial charge in [0.1, 0.15) is 17.5 Å². The Balaban J connectivity index is 1.73. The molecule has 1 N–H and O–H groups in total. The average Bonchev–Trinajstić information content (AvgIpc) is 3.11. The van der Waals surface area contributed by atoms with Crippen LogP contribution in [-0.2, 0) is 32.6 Å². The standard InChI is InChI=1S/C28H27Cl2N3O5S/c1-2-14-31-27(35)24(15-19-8-4-3-5-9-19)32(17-20-12-13-21(29)16-23(20)30)26(34)18-33-28(36)22-10-6-7-11-25(22)39(33,37)38/h3-13,16,24H,2,14-15,17-18H2,1H3,(H,31,35). The third kappa shape index (κ3) is 6.27. The molecule has 0 fully saturated rings. The van der Waals surface area contributed by atoms with Gasteiger partial charge in [-0.1, -0.05) is 78.7 Å². The van der Waals surface area contributed by atoms with Gasteiger partial charge in [0.2, 0.25) is 11.8 Å². The number of rotatable bonds is 10. The fraction of sp³-hybridized carbons (Fsp3) is 0.250. The zero-order valence-corrected chi connectivity index (χ0v) is 23.5. The van der Waals surface area contributed by atoms with E-state index in [1.165, 1.54) is 29.2 Å². The molecule has 204 valence electrons. The third-order valence-corrected chi connectivity index (χ3v) is 8.74. The molecule has 3 amide bonds. The van der Waals surface area contributed by atoms with Crippen LogP contribution in [0.4, 0.5) is 0 Å². The molecule has 0 saturated carbocycles. The second-order valence-corrected chi connectivity index (χ2v) is 11.7. The largest absolute Gasteiger partial charge is 0.354 e. The Bertz CT molecular complexity index is 1500. The number of hydrogen-bond donors (Lipinski definition) is 1. The van der Waals surface area contributed by atoms with Crippen molar-refractivity contribution in [3.63, 3.8) is 0 Å². The van der Waals surface area contributed by atoms with Gasteiger partial charge in [0.25, 0.3) is 15.9 Å². The lowest BCUT2D eigenvalue weighted by molar-refractivity contribution is -0.141. The van der Waals surface area contributed by atoms with E-state index in [9.17, 15) is 22.8 Å². The summed E-state index contributed by atoms with van der Waals surface area (Å²) in [6.07, 6.45) is 0.841. The van der Waals surface area contributed by atoms with Crippen LogP contribution in [0.2, 0.25) is 10.0 Å². The van der Waals surface area contributed by atoms with Crippen molar-refractivity contribution >= 4 is 50.9 Å². The zero-order valence-electron chi connectivity index (χ0n) is 21.1. The van der Waals surface area contributed by atoms with Crippen molar-refractivity contribution in [3.8, 4) is 0 Å². The van der Waals surface area contributed by atoms with Crippen LogP contribution in [0.3, 0.4) is 0 Å². The van der Waals surface area contributed by atoms with Crippen molar-refractivity contribution in [3.05, 3.63) is 99.5 Å². The summed E-state index contributed by atoms with van der Waals surface area (Å²) in [5.41, 5.74) is 1.31. The second kappa shape index (κ2) is 12.2. The molecular weight excluding hydrogens is 561 g/mol. The van der Waals surface area contributed by atoms with Crippen LogP contribution in [0.1, 0.15) is 34.8 Å². The Labute approximate surface area is 237 Å². The minimum atomic E-state index is -4.24. The van der Waals surface area contributed by atoms with Crippen LogP contribution >= 0.6 is 23.2 Å². The average molecular weight is 589 g/mol. The van der Waals surface area contributed by atoms with Gasteiger partial charge in [0, 0.05) is 29.6 Å². The van der Waals surface area contributed by atoms with Gasteiger partial charge in [-0.05, 0) is 41.8 Å². The first-order valence-electron chi connectivity index (χ1n) is 12.3. The molecule has 1 atom stereocenters. The summed E-state index contributed by atoms with van der Waals surface area (Å²) < 4.78 is 26.9. The van der Waals surface area contributed by atoms with Gasteiger partial charge in [-0.15, -0.1) is 0 Å². The first kappa shape index (κ1) is 28.6. The van der Waals surface area contributed by atoms with Crippen molar-refractivity contribution < 1.29 is 22.8 Å². The van der Waals surface area contributed by atoms with Crippen molar-refractivity contribution in [1.82, 2.24) is 14.5 Å². The molecule has 1 heterocycles. The predicted octanol–water partition coefficient (Wildman–Crippen LogP) is 4.30. The lowest BCUT2D eigenvalue weighted by atomic mass is 10.0. The lowest BCUT2D eigenvalue weighted by Gasteiger charge is -2.32. The van der Waals surface area contributed by atoms with E-state index in [1.807, 2.05) is 37.3 Å². The van der Waals surface area contributed by atoms with E-state index in [0.29, 0.717) is 27.9 Å². The summed E-state index contributed by atoms with van der Waals surface area (Å²) >= 11 is 12.5. The lowest BCUT2D eigenvalue weighted by Crippen LogP contribution is -2.53. The molecule has 0 radical (unpaired) electrons. The first-order chi connectivity index (χ1) is 18.6. The van der Waals surface area contributed by atoms with Gasteiger partial charge >= 0.3 is 0 Å². The molecule has 0 aromatic heterocycles. The van der Waals surface area contributed by atoms with Crippen LogP contribution in [0.15, 0.2) is 77.7 Å². The molecular formula is C28H27Cl2N3O5S. The highest BCUT2D eigenvalue weighted by molar-refractivity contribution is 7.90. The van der Waals surface area contributed by atoms with E-state index in [4.69, 9.17) is 23.2 Å². The van der Waals surface area contributed by atoms with E-state index in [2.05, 4.69) is 5.32 Å². The summed E-state index contributed by atoms with van der Waals surface area (Å²) in [5.74, 6) is -1.92. The molecule has 3 aromatic rings. The van der Waals surface area contributed by atoms with Crippen LogP contribution in [-0.4, -0.2) is 54.5 Å². The van der Waals surface area contributed by atoms with Gasteiger partial charge < -0.3 is 10.2 Å². The number of nitrogens with one attached hydrogen (secondary N) is 1. The van der Waals surface area contributed by atoms with E-state index >= 15 is 0 Å². The van der Waals surface area contributed by atoms with Crippen LogP contribution in [0.25, 0.3) is 0 Å². The highest BCUT2D eigenvalue weighted by atomic mass is 35.5. The van der Waals surface area contributed by atoms with Gasteiger partial charge in [0.05, 0.1) is 5.56 Å². The molecule has 8 nitrogen and oxygen atoms in total. The first-order valence-corrected chi connectivity index (χ1v) is 14.5. The Morgan fingerprint density at radius 2 is 1.69 bits per heavy atom. The number of fused-ring (bicyclic) bond motifs is 1. The Morgan fingerprint density at radius 1 is 1.00 bits per heavy atom. The summed E-state index contributed by atoms with van der Waals surface area (Å²) in [6.45, 7) is 1.42. The molecule has 1 unspecified atom stereocenters. The van der Waals surface area contributed by atoms with Crippen molar-refractivity contribution in [2.24, 2.45) is 0 Å². The molecule has 0 spiro atoms. The number of carbonyl (C=O) groups excluding carboxylic acids is 3. The smallest absolute Gasteiger partial charge is 0.269 e. The van der Waals surface area contributed by atoms with Gasteiger partial charge in [0.15, 0.2) is 0 Å². The van der Waals surface area contributed by atoms with Crippen LogP contribution in [0.5, 0.6) is 0 Å². The molecule has 0 bridgehead atoms. The topological polar surface area (TPSA) is 104 Å². The van der Waals surface area contributed by atoms with Crippen molar-refractivity contribution in [1.29, 1.82) is 0 Å². The second-order valence-electron chi connectivity index (χ2n) is 9.07. The number of sulfonamides is 1. The van der Waals surface area contributed by atoms with E-state index in [1.54, 1.807) is 18.2 Å². The molecule has 39 heavy (non-hydrogen) atoms. The molecule has 3 aromatic carbocycles. The highest BCUT2D eigenvalue weighted by Gasteiger charge is 2.43. The predicted molar refractivity (Wildman–Crippen MR) is 149 cm³/mol. The quantitative estimate of drug-likeness (QED) is 0.381. The Kier molecular flexibility index (Phi) is 8.94. The maximum absolute atomic E-state index is 13.9. The molecule has 4 rings (SSSR count). The SMILES string of the molecule is CCCNC(=O)C(Cc1ccccc1)N(Cc1ccc(Cl)cc1Cl)C(=O)CN1C(=O)c2ccccc2S1(=O)=O. The molecule has 1 aliphatic heterocycles. The van der Waals surface area contributed by atoms with Gasteiger partial charge in [-0.2, -0.15) is 0 Å². The number of halogens is 2. The number of benzene rings is 3. The zero-order chi connectivity index (χ0) is 28.2. The fourth-order valence-electron chi connectivity index (χ4n) is 4.35. The van der Waals surface area contributed by atoms with E-state index < -0.39 is 40.3 Å². The summed E-state index contributed by atoms with van der Waals surface area (Å²) in [6, 6.07) is 18.7. The van der Waals surface area contributed by atoms with Crippen LogP contribution in [0, 0.1) is 0 Å². The minimum absolute atomic E-state index is 0.000815. The monoisotopic (exact) mass is 587 g/mol. The van der Waals surface area contributed by atoms with E-state index in [-0.39, 0.29) is 28.4 Å². The van der Waals surface area contributed by atoms with E-state index in [0.717, 1.165) is 5.56 Å². The van der Waals surface area contributed by atoms with Gasteiger partial charge in [-0.3, -0.25) is 14.4 Å².